The van der Waals surface area contributed by atoms with Crippen LogP contribution in [0.1, 0.15) is 31.9 Å². The molecule has 0 unspecified atom stereocenters. The average molecular weight is 372 g/mol. The second-order valence-electron chi connectivity index (χ2n) is 5.96. The summed E-state index contributed by atoms with van der Waals surface area (Å²) in [4.78, 5) is 0. The quantitative estimate of drug-likeness (QED) is 0.556. The molecule has 0 fully saturated rings. The molecular weight excluding hydrogens is 346 g/mol. The predicted molar refractivity (Wildman–Crippen MR) is 105 cm³/mol. The maximum absolute atomic E-state index is 5.70. The minimum Gasteiger partial charge on any atom is -0.476 e. The third-order valence-corrected chi connectivity index (χ3v) is 5.13. The van der Waals surface area contributed by atoms with Crippen LogP contribution < -0.4 is 4.74 Å². The average Bonchev–Trinajstić information content (AvgIpc) is 3.24. The minimum atomic E-state index is 0.572. The summed E-state index contributed by atoms with van der Waals surface area (Å²) >= 11 is 1.70. The first kappa shape index (κ1) is 18.5. The van der Waals surface area contributed by atoms with E-state index < -0.39 is 0 Å². The van der Waals surface area contributed by atoms with Crippen molar-refractivity contribution in [2.75, 3.05) is 6.61 Å². The highest BCUT2D eigenvalue weighted by Crippen LogP contribution is 2.31. The lowest BCUT2D eigenvalue weighted by Gasteiger charge is -2.07. The van der Waals surface area contributed by atoms with E-state index in [0.29, 0.717) is 12.5 Å². The van der Waals surface area contributed by atoms with Gasteiger partial charge in [0.1, 0.15) is 5.56 Å². The summed E-state index contributed by atoms with van der Waals surface area (Å²) in [5, 5.41) is 14.2. The van der Waals surface area contributed by atoms with Gasteiger partial charge in [-0.05, 0) is 33.3 Å². The lowest BCUT2D eigenvalue weighted by Crippen LogP contribution is -2.01. The maximum Gasteiger partial charge on any atom is 0.243 e. The minimum absolute atomic E-state index is 0.572. The van der Waals surface area contributed by atoms with Crippen LogP contribution in [0.2, 0.25) is 0 Å². The Labute approximate surface area is 158 Å². The van der Waals surface area contributed by atoms with E-state index in [9.17, 15) is 0 Å². The van der Waals surface area contributed by atoms with Crippen molar-refractivity contribution in [3.63, 3.8) is 0 Å². The number of aryl methyl sites for hydroxylation is 2. The summed E-state index contributed by atoms with van der Waals surface area (Å²) in [6.07, 6.45) is 1.98. The molecule has 0 spiro atoms. The molecular formula is C19H25N5OS. The molecule has 3 rings (SSSR count). The van der Waals surface area contributed by atoms with Gasteiger partial charge in [-0.2, -0.15) is 0 Å². The number of ether oxygens (including phenoxy) is 1. The van der Waals surface area contributed by atoms with Gasteiger partial charge in [0.05, 0.1) is 6.61 Å². The third kappa shape index (κ3) is 3.93. The van der Waals surface area contributed by atoms with Crippen LogP contribution in [0.25, 0.3) is 11.4 Å². The van der Waals surface area contributed by atoms with Gasteiger partial charge in [-0.3, -0.25) is 4.68 Å². The van der Waals surface area contributed by atoms with Crippen molar-refractivity contribution >= 4 is 11.8 Å². The summed E-state index contributed by atoms with van der Waals surface area (Å²) in [5.41, 5.74) is 3.45. The Kier molecular flexibility index (Phi) is 5.98. The van der Waals surface area contributed by atoms with Gasteiger partial charge in [0, 0.05) is 25.0 Å². The van der Waals surface area contributed by atoms with Crippen molar-refractivity contribution in [3.05, 3.63) is 41.6 Å². The van der Waals surface area contributed by atoms with Crippen LogP contribution in [-0.4, -0.2) is 31.2 Å². The molecule has 0 aliphatic carbocycles. The smallest absolute Gasteiger partial charge is 0.243 e. The fourth-order valence-electron chi connectivity index (χ4n) is 2.67. The lowest BCUT2D eigenvalue weighted by atomic mass is 10.2. The molecule has 0 N–H and O–H groups in total. The zero-order chi connectivity index (χ0) is 18.5. The van der Waals surface area contributed by atoms with Gasteiger partial charge >= 0.3 is 0 Å². The highest BCUT2D eigenvalue weighted by Gasteiger charge is 2.20. The van der Waals surface area contributed by atoms with Gasteiger partial charge in [0.15, 0.2) is 11.0 Å². The lowest BCUT2D eigenvalue weighted by molar-refractivity contribution is 0.322. The van der Waals surface area contributed by atoms with Crippen LogP contribution >= 0.6 is 11.8 Å². The van der Waals surface area contributed by atoms with Crippen molar-refractivity contribution in [2.24, 2.45) is 0 Å². The fourth-order valence-corrected chi connectivity index (χ4v) is 3.63. The molecule has 1 aromatic carbocycles. The number of rotatable bonds is 8. The SMILES string of the molecule is CCOc1nn(CC)cc1-c1nnc(SCc2ccc(C)cc2)n1CC. The molecule has 0 aliphatic rings. The first-order valence-electron chi connectivity index (χ1n) is 8.98. The molecule has 138 valence electrons. The molecule has 0 atom stereocenters. The van der Waals surface area contributed by atoms with E-state index in [0.717, 1.165) is 35.4 Å². The summed E-state index contributed by atoms with van der Waals surface area (Å²) in [6, 6.07) is 8.60. The molecule has 0 aliphatic heterocycles. The van der Waals surface area contributed by atoms with Crippen molar-refractivity contribution in [2.45, 2.75) is 51.7 Å². The highest BCUT2D eigenvalue weighted by atomic mass is 32.2. The molecule has 6 nitrogen and oxygen atoms in total. The molecule has 0 saturated carbocycles. The van der Waals surface area contributed by atoms with E-state index in [1.165, 1.54) is 11.1 Å². The summed E-state index contributed by atoms with van der Waals surface area (Å²) in [6.45, 7) is 10.4. The van der Waals surface area contributed by atoms with Crippen LogP contribution in [-0.2, 0) is 18.8 Å². The fraction of sp³-hybridized carbons (Fsp3) is 0.421. The van der Waals surface area contributed by atoms with Gasteiger partial charge in [-0.15, -0.1) is 15.3 Å². The Morgan fingerprint density at radius 3 is 2.46 bits per heavy atom. The molecule has 2 aromatic heterocycles. The second kappa shape index (κ2) is 8.40. The molecule has 7 heteroatoms. The third-order valence-electron chi connectivity index (χ3n) is 4.10. The van der Waals surface area contributed by atoms with Crippen molar-refractivity contribution in [1.82, 2.24) is 24.5 Å². The van der Waals surface area contributed by atoms with Crippen LogP contribution in [0.4, 0.5) is 0 Å². The number of hydrogen-bond acceptors (Lipinski definition) is 5. The van der Waals surface area contributed by atoms with E-state index in [2.05, 4.69) is 64.9 Å². The zero-order valence-electron chi connectivity index (χ0n) is 15.8. The van der Waals surface area contributed by atoms with Crippen LogP contribution in [0, 0.1) is 6.92 Å². The predicted octanol–water partition coefficient (Wildman–Crippen LogP) is 4.18. The highest BCUT2D eigenvalue weighted by molar-refractivity contribution is 7.98. The van der Waals surface area contributed by atoms with E-state index in [1.807, 2.05) is 17.8 Å². The van der Waals surface area contributed by atoms with Gasteiger partial charge in [0.25, 0.3) is 0 Å². The van der Waals surface area contributed by atoms with Gasteiger partial charge < -0.3 is 9.30 Å². The first-order valence-corrected chi connectivity index (χ1v) is 9.96. The van der Waals surface area contributed by atoms with E-state index in [-0.39, 0.29) is 0 Å². The second-order valence-corrected chi connectivity index (χ2v) is 6.90. The number of aromatic nitrogens is 5. The largest absolute Gasteiger partial charge is 0.476 e. The maximum atomic E-state index is 5.70. The molecule has 0 bridgehead atoms. The zero-order valence-corrected chi connectivity index (χ0v) is 16.6. The standard InChI is InChI=1S/C19H25N5OS/c1-5-23-12-16(18(22-23)25-7-3)17-20-21-19(24(17)6-2)26-13-15-10-8-14(4)9-11-15/h8-12H,5-7,13H2,1-4H3. The van der Waals surface area contributed by atoms with Crippen LogP contribution in [0.3, 0.4) is 0 Å². The van der Waals surface area contributed by atoms with Crippen LogP contribution in [0.5, 0.6) is 5.88 Å². The van der Waals surface area contributed by atoms with Crippen molar-refractivity contribution < 1.29 is 4.74 Å². The molecule has 0 saturated heterocycles. The van der Waals surface area contributed by atoms with E-state index in [1.54, 1.807) is 11.8 Å². The molecule has 0 amide bonds. The number of nitrogens with zero attached hydrogens (tertiary/aromatic N) is 5. The number of benzene rings is 1. The summed E-state index contributed by atoms with van der Waals surface area (Å²) in [5.74, 6) is 2.29. The summed E-state index contributed by atoms with van der Waals surface area (Å²) < 4.78 is 9.70. The monoisotopic (exact) mass is 371 g/mol. The Hall–Kier alpha value is -2.28. The van der Waals surface area contributed by atoms with E-state index >= 15 is 0 Å². The van der Waals surface area contributed by atoms with Gasteiger partial charge in [0.2, 0.25) is 5.88 Å². The number of hydrogen-bond donors (Lipinski definition) is 0. The van der Waals surface area contributed by atoms with Crippen LogP contribution in [0.15, 0.2) is 35.6 Å². The Balaban J connectivity index is 1.86. The van der Waals surface area contributed by atoms with Crippen molar-refractivity contribution in [1.29, 1.82) is 0 Å². The molecule has 3 aromatic rings. The summed E-state index contributed by atoms with van der Waals surface area (Å²) in [7, 11) is 0. The van der Waals surface area contributed by atoms with Gasteiger partial charge in [-0.1, -0.05) is 41.6 Å². The Morgan fingerprint density at radius 2 is 1.81 bits per heavy atom. The topological polar surface area (TPSA) is 57.8 Å². The molecule has 0 radical (unpaired) electrons. The van der Waals surface area contributed by atoms with Gasteiger partial charge in [-0.25, -0.2) is 0 Å². The molecule has 2 heterocycles. The Bertz CT molecular complexity index is 853. The van der Waals surface area contributed by atoms with E-state index in [4.69, 9.17) is 4.74 Å². The normalized spacial score (nSPS) is 11.1. The first-order chi connectivity index (χ1) is 12.7. The van der Waals surface area contributed by atoms with Crippen molar-refractivity contribution in [3.8, 4) is 17.3 Å². The number of thioether (sulfide) groups is 1. The molecule has 26 heavy (non-hydrogen) atoms. The Morgan fingerprint density at radius 1 is 1.04 bits per heavy atom.